The second-order valence-electron chi connectivity index (χ2n) is 6.12. The van der Waals surface area contributed by atoms with Gasteiger partial charge in [-0.2, -0.15) is 13.2 Å². The standard InChI is InChI=1S/C16H20F3NO/c17-16(18,19)13-3-1-12(2-4-13)15(7-8-15)11-20-14-5-9-21-10-6-14/h1-4,14,20H,5-11H2. The zero-order chi connectivity index (χ0) is 14.9. The Morgan fingerprint density at radius 2 is 1.71 bits per heavy atom. The fourth-order valence-corrected chi connectivity index (χ4v) is 2.97. The van der Waals surface area contributed by atoms with Gasteiger partial charge in [-0.05, 0) is 43.4 Å². The lowest BCUT2D eigenvalue weighted by atomic mass is 9.94. The van der Waals surface area contributed by atoms with Crippen LogP contribution >= 0.6 is 0 Å². The van der Waals surface area contributed by atoms with Crippen LogP contribution in [0.1, 0.15) is 36.8 Å². The molecule has 3 rings (SSSR count). The number of nitrogens with one attached hydrogen (secondary N) is 1. The Hall–Kier alpha value is -1.07. The molecule has 5 heteroatoms. The highest BCUT2D eigenvalue weighted by molar-refractivity contribution is 5.35. The van der Waals surface area contributed by atoms with E-state index >= 15 is 0 Å². The lowest BCUT2D eigenvalue weighted by Crippen LogP contribution is -2.39. The number of hydrogen-bond acceptors (Lipinski definition) is 2. The molecule has 0 unspecified atom stereocenters. The van der Waals surface area contributed by atoms with Crippen LogP contribution in [0.5, 0.6) is 0 Å². The topological polar surface area (TPSA) is 21.3 Å². The van der Waals surface area contributed by atoms with Gasteiger partial charge in [0.1, 0.15) is 0 Å². The minimum Gasteiger partial charge on any atom is -0.381 e. The Balaban J connectivity index is 1.62. The summed E-state index contributed by atoms with van der Waals surface area (Å²) in [5.74, 6) is 0. The molecule has 1 saturated heterocycles. The Labute approximate surface area is 122 Å². The lowest BCUT2D eigenvalue weighted by molar-refractivity contribution is -0.137. The fourth-order valence-electron chi connectivity index (χ4n) is 2.97. The van der Waals surface area contributed by atoms with Gasteiger partial charge in [-0.15, -0.1) is 0 Å². The molecule has 1 N–H and O–H groups in total. The Kier molecular flexibility index (Phi) is 3.97. The molecule has 21 heavy (non-hydrogen) atoms. The summed E-state index contributed by atoms with van der Waals surface area (Å²) in [6.45, 7) is 2.44. The lowest BCUT2D eigenvalue weighted by Gasteiger charge is -2.26. The van der Waals surface area contributed by atoms with Crippen LogP contribution in [-0.4, -0.2) is 25.8 Å². The number of ether oxygens (including phenoxy) is 1. The van der Waals surface area contributed by atoms with E-state index in [1.165, 1.54) is 12.1 Å². The predicted molar refractivity (Wildman–Crippen MR) is 74.2 cm³/mol. The maximum absolute atomic E-state index is 12.6. The van der Waals surface area contributed by atoms with Crippen molar-refractivity contribution in [3.05, 3.63) is 35.4 Å². The maximum atomic E-state index is 12.6. The van der Waals surface area contributed by atoms with E-state index < -0.39 is 11.7 Å². The fraction of sp³-hybridized carbons (Fsp3) is 0.625. The van der Waals surface area contributed by atoms with Gasteiger partial charge in [-0.1, -0.05) is 12.1 Å². The van der Waals surface area contributed by atoms with Crippen LogP contribution in [0.2, 0.25) is 0 Å². The highest BCUT2D eigenvalue weighted by atomic mass is 19.4. The Bertz CT molecular complexity index is 473. The van der Waals surface area contributed by atoms with Crippen molar-refractivity contribution in [3.63, 3.8) is 0 Å². The molecule has 0 spiro atoms. The summed E-state index contributed by atoms with van der Waals surface area (Å²) in [7, 11) is 0. The van der Waals surface area contributed by atoms with E-state index in [9.17, 15) is 13.2 Å². The Morgan fingerprint density at radius 1 is 1.10 bits per heavy atom. The first-order valence-electron chi connectivity index (χ1n) is 7.49. The number of alkyl halides is 3. The molecule has 2 aliphatic rings. The van der Waals surface area contributed by atoms with Crippen LogP contribution in [0.25, 0.3) is 0 Å². The van der Waals surface area contributed by atoms with E-state index in [2.05, 4.69) is 5.32 Å². The molecule has 116 valence electrons. The number of halogens is 3. The van der Waals surface area contributed by atoms with Gasteiger partial charge in [0.05, 0.1) is 5.56 Å². The molecular formula is C16H20F3NO. The molecule has 0 bridgehead atoms. The molecule has 2 fully saturated rings. The first-order valence-corrected chi connectivity index (χ1v) is 7.49. The molecule has 1 aromatic rings. The minimum atomic E-state index is -4.25. The number of benzene rings is 1. The summed E-state index contributed by atoms with van der Waals surface area (Å²) in [4.78, 5) is 0. The average Bonchev–Trinajstić information content (AvgIpc) is 3.27. The van der Waals surface area contributed by atoms with Crippen molar-refractivity contribution in [1.29, 1.82) is 0 Å². The van der Waals surface area contributed by atoms with Crippen LogP contribution in [-0.2, 0) is 16.3 Å². The number of hydrogen-bond donors (Lipinski definition) is 1. The molecule has 1 aromatic carbocycles. The van der Waals surface area contributed by atoms with Crippen LogP contribution < -0.4 is 5.32 Å². The SMILES string of the molecule is FC(F)(F)c1ccc(C2(CNC3CCOCC3)CC2)cc1. The zero-order valence-corrected chi connectivity index (χ0v) is 11.9. The van der Waals surface area contributed by atoms with Crippen molar-refractivity contribution in [2.45, 2.75) is 43.3 Å². The quantitative estimate of drug-likeness (QED) is 0.918. The van der Waals surface area contributed by atoms with Crippen LogP contribution in [0.15, 0.2) is 24.3 Å². The maximum Gasteiger partial charge on any atom is 0.416 e. The van der Waals surface area contributed by atoms with Gasteiger partial charge >= 0.3 is 6.18 Å². The molecule has 2 nitrogen and oxygen atoms in total. The van der Waals surface area contributed by atoms with Crippen molar-refractivity contribution < 1.29 is 17.9 Å². The third-order valence-corrected chi connectivity index (χ3v) is 4.63. The van der Waals surface area contributed by atoms with E-state index in [4.69, 9.17) is 4.74 Å². The monoisotopic (exact) mass is 299 g/mol. The molecular weight excluding hydrogens is 279 g/mol. The summed E-state index contributed by atoms with van der Waals surface area (Å²) < 4.78 is 43.1. The van der Waals surface area contributed by atoms with Crippen molar-refractivity contribution in [1.82, 2.24) is 5.32 Å². The summed E-state index contributed by atoms with van der Waals surface area (Å²) in [5.41, 5.74) is 0.497. The molecule has 0 atom stereocenters. The van der Waals surface area contributed by atoms with E-state index in [0.717, 1.165) is 51.0 Å². The van der Waals surface area contributed by atoms with E-state index in [0.29, 0.717) is 6.04 Å². The summed E-state index contributed by atoms with van der Waals surface area (Å²) in [6.07, 6.45) is -0.120. The molecule has 0 amide bonds. The second-order valence-corrected chi connectivity index (χ2v) is 6.12. The van der Waals surface area contributed by atoms with Crippen molar-refractivity contribution >= 4 is 0 Å². The highest BCUT2D eigenvalue weighted by Gasteiger charge is 2.44. The van der Waals surface area contributed by atoms with Gasteiger partial charge in [0.15, 0.2) is 0 Å². The largest absolute Gasteiger partial charge is 0.416 e. The molecule has 0 radical (unpaired) electrons. The van der Waals surface area contributed by atoms with Gasteiger partial charge in [-0.25, -0.2) is 0 Å². The normalized spacial score (nSPS) is 22.2. The van der Waals surface area contributed by atoms with Crippen molar-refractivity contribution in [2.24, 2.45) is 0 Å². The van der Waals surface area contributed by atoms with Crippen LogP contribution in [0.3, 0.4) is 0 Å². The summed E-state index contributed by atoms with van der Waals surface area (Å²) in [5, 5.41) is 3.57. The zero-order valence-electron chi connectivity index (χ0n) is 11.9. The van der Waals surface area contributed by atoms with E-state index in [-0.39, 0.29) is 5.41 Å². The van der Waals surface area contributed by atoms with Gasteiger partial charge in [0, 0.05) is 31.2 Å². The second kappa shape index (κ2) is 5.61. The van der Waals surface area contributed by atoms with Crippen molar-refractivity contribution in [3.8, 4) is 0 Å². The number of rotatable bonds is 4. The summed E-state index contributed by atoms with van der Waals surface area (Å²) >= 11 is 0. The summed E-state index contributed by atoms with van der Waals surface area (Å²) in [6, 6.07) is 6.15. The molecule has 1 saturated carbocycles. The minimum absolute atomic E-state index is 0.0441. The predicted octanol–water partition coefficient (Wildman–Crippen LogP) is 3.51. The average molecular weight is 299 g/mol. The third-order valence-electron chi connectivity index (χ3n) is 4.63. The molecule has 1 aliphatic carbocycles. The van der Waals surface area contributed by atoms with Gasteiger partial charge in [0.2, 0.25) is 0 Å². The van der Waals surface area contributed by atoms with E-state index in [1.54, 1.807) is 12.1 Å². The van der Waals surface area contributed by atoms with Gasteiger partial charge < -0.3 is 10.1 Å². The van der Waals surface area contributed by atoms with Crippen molar-refractivity contribution in [2.75, 3.05) is 19.8 Å². The first kappa shape index (κ1) is 14.9. The van der Waals surface area contributed by atoms with Crippen LogP contribution in [0.4, 0.5) is 13.2 Å². The smallest absolute Gasteiger partial charge is 0.381 e. The first-order chi connectivity index (χ1) is 10.00. The van der Waals surface area contributed by atoms with Gasteiger partial charge in [-0.3, -0.25) is 0 Å². The van der Waals surface area contributed by atoms with E-state index in [1.807, 2.05) is 0 Å². The highest BCUT2D eigenvalue weighted by Crippen LogP contribution is 2.48. The molecule has 1 heterocycles. The Morgan fingerprint density at radius 3 is 2.24 bits per heavy atom. The van der Waals surface area contributed by atoms with Gasteiger partial charge in [0.25, 0.3) is 0 Å². The molecule has 0 aromatic heterocycles. The third kappa shape index (κ3) is 3.40. The van der Waals surface area contributed by atoms with Crippen LogP contribution in [0, 0.1) is 0 Å². The molecule has 1 aliphatic heterocycles.